The minimum Gasteiger partial charge on any atom is -0.383 e. The van der Waals surface area contributed by atoms with E-state index in [1.807, 2.05) is 13.8 Å². The molecular weight excluding hydrogens is 190 g/mol. The van der Waals surface area contributed by atoms with Gasteiger partial charge in [0, 0.05) is 13.2 Å². The molecule has 1 N–H and O–H groups in total. The Hall–Kier alpha value is -0.130. The summed E-state index contributed by atoms with van der Waals surface area (Å²) in [6.45, 7) is 5.95. The van der Waals surface area contributed by atoms with E-state index in [4.69, 9.17) is 4.74 Å². The van der Waals surface area contributed by atoms with Gasteiger partial charge in [-0.25, -0.2) is 13.1 Å². The summed E-state index contributed by atoms with van der Waals surface area (Å²) in [4.78, 5) is 0. The first-order valence-corrected chi connectivity index (χ1v) is 6.07. The molecule has 1 unspecified atom stereocenters. The topological polar surface area (TPSA) is 55.4 Å². The van der Waals surface area contributed by atoms with Crippen LogP contribution in [-0.4, -0.2) is 33.9 Å². The molecule has 0 fully saturated rings. The van der Waals surface area contributed by atoms with Crippen LogP contribution in [0, 0.1) is 5.92 Å². The molecule has 0 aliphatic carbocycles. The van der Waals surface area contributed by atoms with E-state index >= 15 is 0 Å². The van der Waals surface area contributed by atoms with E-state index in [1.165, 1.54) is 0 Å². The zero-order valence-corrected chi connectivity index (χ0v) is 9.52. The Morgan fingerprint density at radius 3 is 2.23 bits per heavy atom. The van der Waals surface area contributed by atoms with E-state index in [-0.39, 0.29) is 17.7 Å². The molecule has 4 nitrogen and oxygen atoms in total. The number of hydrogen-bond donors (Lipinski definition) is 1. The lowest BCUT2D eigenvalue weighted by Crippen LogP contribution is -2.42. The number of ether oxygens (including phenoxy) is 1. The van der Waals surface area contributed by atoms with Gasteiger partial charge >= 0.3 is 0 Å². The number of methoxy groups -OCH3 is 1. The molecule has 13 heavy (non-hydrogen) atoms. The Morgan fingerprint density at radius 2 is 1.92 bits per heavy atom. The number of sulfonamides is 1. The molecule has 80 valence electrons. The summed E-state index contributed by atoms with van der Waals surface area (Å²) in [5.41, 5.74) is 0. The minimum atomic E-state index is -3.12. The molecule has 0 heterocycles. The summed E-state index contributed by atoms with van der Waals surface area (Å²) in [6.07, 6.45) is 0. The predicted octanol–water partition coefficient (Wildman–Crippen LogP) is 0.597. The Morgan fingerprint density at radius 1 is 1.38 bits per heavy atom. The zero-order valence-electron chi connectivity index (χ0n) is 8.70. The highest BCUT2D eigenvalue weighted by atomic mass is 32.2. The van der Waals surface area contributed by atoms with Gasteiger partial charge in [0.2, 0.25) is 10.0 Å². The fourth-order valence-corrected chi connectivity index (χ4v) is 1.82. The third-order valence-corrected chi connectivity index (χ3v) is 3.28. The maximum absolute atomic E-state index is 11.2. The highest BCUT2D eigenvalue weighted by Crippen LogP contribution is 2.03. The average Bonchev–Trinajstić information content (AvgIpc) is 2.03. The second-order valence-corrected chi connectivity index (χ2v) is 5.37. The molecule has 0 aromatic carbocycles. The van der Waals surface area contributed by atoms with Crippen LogP contribution in [0.3, 0.4) is 0 Å². The molecule has 0 rings (SSSR count). The first-order chi connectivity index (χ1) is 5.93. The van der Waals surface area contributed by atoms with Gasteiger partial charge in [0.05, 0.1) is 12.4 Å². The molecule has 5 heteroatoms. The summed E-state index contributed by atoms with van der Waals surface area (Å²) < 4.78 is 30.0. The van der Waals surface area contributed by atoms with Crippen molar-refractivity contribution in [3.8, 4) is 0 Å². The van der Waals surface area contributed by atoms with Crippen molar-refractivity contribution in [1.29, 1.82) is 0 Å². The Kier molecular flexibility index (Phi) is 5.51. The Balaban J connectivity index is 4.26. The van der Waals surface area contributed by atoms with Gasteiger partial charge in [-0.1, -0.05) is 13.8 Å². The largest absolute Gasteiger partial charge is 0.383 e. The summed E-state index contributed by atoms with van der Waals surface area (Å²) in [5.74, 6) is 0.348. The molecule has 0 bridgehead atoms. The van der Waals surface area contributed by atoms with Crippen molar-refractivity contribution in [2.24, 2.45) is 5.92 Å². The van der Waals surface area contributed by atoms with Gasteiger partial charge in [-0.3, -0.25) is 0 Å². The predicted molar refractivity (Wildman–Crippen MR) is 53.1 cm³/mol. The number of nitrogens with one attached hydrogen (secondary N) is 1. The van der Waals surface area contributed by atoms with Crippen molar-refractivity contribution in [1.82, 2.24) is 4.72 Å². The third kappa shape index (κ3) is 5.23. The lowest BCUT2D eigenvalue weighted by Gasteiger charge is -2.20. The number of hydrogen-bond acceptors (Lipinski definition) is 3. The second kappa shape index (κ2) is 5.57. The van der Waals surface area contributed by atoms with E-state index in [9.17, 15) is 8.42 Å². The zero-order chi connectivity index (χ0) is 10.5. The van der Waals surface area contributed by atoms with E-state index in [1.54, 1.807) is 14.0 Å². The van der Waals surface area contributed by atoms with Crippen molar-refractivity contribution in [3.05, 3.63) is 0 Å². The van der Waals surface area contributed by atoms with Crippen molar-refractivity contribution >= 4 is 10.0 Å². The molecule has 0 amide bonds. The SMILES string of the molecule is CCS(=O)(=O)NC(COC)C(C)C. The maximum Gasteiger partial charge on any atom is 0.211 e. The third-order valence-electron chi connectivity index (χ3n) is 1.86. The van der Waals surface area contributed by atoms with Crippen LogP contribution >= 0.6 is 0 Å². The number of rotatable bonds is 6. The lowest BCUT2D eigenvalue weighted by molar-refractivity contribution is 0.157. The van der Waals surface area contributed by atoms with Crippen molar-refractivity contribution < 1.29 is 13.2 Å². The molecular formula is C8H19NO3S. The van der Waals surface area contributed by atoms with Crippen LogP contribution in [-0.2, 0) is 14.8 Å². The molecule has 0 saturated heterocycles. The van der Waals surface area contributed by atoms with Crippen LogP contribution < -0.4 is 4.72 Å². The molecule has 0 aromatic heterocycles. The summed E-state index contributed by atoms with van der Waals surface area (Å²) in [5, 5.41) is 0. The van der Waals surface area contributed by atoms with Gasteiger partial charge in [0.1, 0.15) is 0 Å². The normalized spacial score (nSPS) is 14.8. The smallest absolute Gasteiger partial charge is 0.211 e. The summed E-state index contributed by atoms with van der Waals surface area (Å²) in [6, 6.07) is -0.130. The molecule has 0 aromatic rings. The van der Waals surface area contributed by atoms with Gasteiger partial charge in [0.15, 0.2) is 0 Å². The summed E-state index contributed by atoms with van der Waals surface area (Å²) >= 11 is 0. The van der Waals surface area contributed by atoms with Crippen molar-refractivity contribution in [2.45, 2.75) is 26.8 Å². The lowest BCUT2D eigenvalue weighted by atomic mass is 10.1. The van der Waals surface area contributed by atoms with Gasteiger partial charge < -0.3 is 4.74 Å². The van der Waals surface area contributed by atoms with E-state index in [0.717, 1.165) is 0 Å². The standard InChI is InChI=1S/C8H19NO3S/c1-5-13(10,11)9-8(6-12-4)7(2)3/h7-9H,5-6H2,1-4H3. The highest BCUT2D eigenvalue weighted by Gasteiger charge is 2.18. The van der Waals surface area contributed by atoms with E-state index in [0.29, 0.717) is 6.61 Å². The fraction of sp³-hybridized carbons (Fsp3) is 1.00. The fourth-order valence-electron chi connectivity index (χ4n) is 0.856. The monoisotopic (exact) mass is 209 g/mol. The van der Waals surface area contributed by atoms with Crippen LogP contribution in [0.5, 0.6) is 0 Å². The van der Waals surface area contributed by atoms with Gasteiger partial charge in [-0.05, 0) is 12.8 Å². The van der Waals surface area contributed by atoms with Gasteiger partial charge in [0.25, 0.3) is 0 Å². The van der Waals surface area contributed by atoms with Gasteiger partial charge in [-0.15, -0.1) is 0 Å². The second-order valence-electron chi connectivity index (χ2n) is 3.33. The maximum atomic E-state index is 11.2. The molecule has 0 spiro atoms. The molecule has 0 aliphatic heterocycles. The van der Waals surface area contributed by atoms with Gasteiger partial charge in [-0.2, -0.15) is 0 Å². The van der Waals surface area contributed by atoms with Crippen LogP contribution in [0.15, 0.2) is 0 Å². The minimum absolute atomic E-state index is 0.111. The van der Waals surface area contributed by atoms with Crippen LogP contribution in [0.1, 0.15) is 20.8 Å². The van der Waals surface area contributed by atoms with Crippen LogP contribution in [0.2, 0.25) is 0 Å². The van der Waals surface area contributed by atoms with Crippen LogP contribution in [0.4, 0.5) is 0 Å². The summed E-state index contributed by atoms with van der Waals surface area (Å²) in [7, 11) is -1.55. The van der Waals surface area contributed by atoms with Crippen molar-refractivity contribution in [3.63, 3.8) is 0 Å². The molecule has 0 saturated carbocycles. The van der Waals surface area contributed by atoms with Crippen molar-refractivity contribution in [2.75, 3.05) is 19.5 Å². The van der Waals surface area contributed by atoms with E-state index < -0.39 is 10.0 Å². The van der Waals surface area contributed by atoms with Crippen LogP contribution in [0.25, 0.3) is 0 Å². The average molecular weight is 209 g/mol. The first-order valence-electron chi connectivity index (χ1n) is 4.42. The molecule has 0 radical (unpaired) electrons. The molecule has 1 atom stereocenters. The molecule has 0 aliphatic rings. The first kappa shape index (κ1) is 12.9. The quantitative estimate of drug-likeness (QED) is 0.697. The highest BCUT2D eigenvalue weighted by molar-refractivity contribution is 7.89. The van der Waals surface area contributed by atoms with E-state index in [2.05, 4.69) is 4.72 Å². The Labute approximate surface area is 80.7 Å². The Bertz CT molecular complexity index is 224.